The van der Waals surface area contributed by atoms with Gasteiger partial charge in [0.05, 0.1) is 0 Å². The van der Waals surface area contributed by atoms with E-state index in [9.17, 15) is 0 Å². The van der Waals surface area contributed by atoms with Crippen LogP contribution in [0.5, 0.6) is 5.75 Å². The third kappa shape index (κ3) is 3.70. The predicted molar refractivity (Wildman–Crippen MR) is 80.4 cm³/mol. The Morgan fingerprint density at radius 3 is 2.78 bits per heavy atom. The van der Waals surface area contributed by atoms with Gasteiger partial charge in [-0.05, 0) is 40.2 Å². The van der Waals surface area contributed by atoms with Crippen molar-refractivity contribution in [2.75, 3.05) is 0 Å². The number of benzene rings is 1. The van der Waals surface area contributed by atoms with Gasteiger partial charge in [-0.2, -0.15) is 0 Å². The van der Waals surface area contributed by atoms with Gasteiger partial charge in [-0.3, -0.25) is 4.98 Å². The van der Waals surface area contributed by atoms with Gasteiger partial charge in [-0.25, -0.2) is 0 Å². The van der Waals surface area contributed by atoms with Crippen LogP contribution in [0.15, 0.2) is 41.1 Å². The molecule has 0 aliphatic heterocycles. The summed E-state index contributed by atoms with van der Waals surface area (Å²) in [4.78, 5) is 4.10. The van der Waals surface area contributed by atoms with Crippen LogP contribution in [-0.4, -0.2) is 4.98 Å². The molecule has 0 aliphatic rings. The van der Waals surface area contributed by atoms with Crippen LogP contribution in [0.3, 0.4) is 0 Å². The Hall–Kier alpha value is -0.580. The summed E-state index contributed by atoms with van der Waals surface area (Å²) < 4.78 is 6.72. The van der Waals surface area contributed by atoms with Gasteiger partial charge in [0.15, 0.2) is 0 Å². The van der Waals surface area contributed by atoms with Crippen molar-refractivity contribution >= 4 is 43.5 Å². The number of halogens is 3. The third-order valence-corrected chi connectivity index (χ3v) is 3.60. The first kappa shape index (κ1) is 13.8. The van der Waals surface area contributed by atoms with Crippen LogP contribution in [-0.2, 0) is 11.9 Å². The van der Waals surface area contributed by atoms with Crippen molar-refractivity contribution in [3.8, 4) is 5.75 Å². The lowest BCUT2D eigenvalue weighted by molar-refractivity contribution is 0.303. The van der Waals surface area contributed by atoms with E-state index in [0.29, 0.717) is 17.0 Å². The van der Waals surface area contributed by atoms with Gasteiger partial charge in [0.1, 0.15) is 12.4 Å². The highest BCUT2D eigenvalue weighted by Gasteiger charge is 2.04. The molecular weight excluding hydrogens is 381 g/mol. The Bertz CT molecular complexity index is 548. The number of ether oxygens (including phenoxy) is 1. The van der Waals surface area contributed by atoms with Crippen molar-refractivity contribution in [2.45, 2.75) is 11.9 Å². The maximum atomic E-state index is 5.94. The third-order valence-electron chi connectivity index (χ3n) is 2.32. The molecule has 2 nitrogen and oxygen atoms in total. The minimum absolute atomic E-state index is 0.480. The summed E-state index contributed by atoms with van der Waals surface area (Å²) in [5.41, 5.74) is 2.05. The lowest BCUT2D eigenvalue weighted by Crippen LogP contribution is -1.98. The molecule has 2 aromatic rings. The average Bonchev–Trinajstić information content (AvgIpc) is 2.37. The highest BCUT2D eigenvalue weighted by molar-refractivity contribution is 9.10. The Morgan fingerprint density at radius 1 is 1.22 bits per heavy atom. The number of alkyl halides is 1. The lowest BCUT2D eigenvalue weighted by atomic mass is 10.2. The molecule has 1 heterocycles. The summed E-state index contributed by atoms with van der Waals surface area (Å²) in [6, 6.07) is 7.58. The first-order chi connectivity index (χ1) is 8.69. The smallest absolute Gasteiger partial charge is 0.123 e. The van der Waals surface area contributed by atoms with Gasteiger partial charge in [-0.1, -0.05) is 27.5 Å². The molecule has 0 saturated heterocycles. The largest absolute Gasteiger partial charge is 0.489 e. The van der Waals surface area contributed by atoms with E-state index in [1.165, 1.54) is 0 Å². The molecule has 0 aliphatic carbocycles. The highest BCUT2D eigenvalue weighted by Crippen LogP contribution is 2.25. The summed E-state index contributed by atoms with van der Waals surface area (Å²) in [6.07, 6.45) is 3.53. The number of aromatic nitrogens is 1. The van der Waals surface area contributed by atoms with E-state index < -0.39 is 0 Å². The molecule has 94 valence electrons. The van der Waals surface area contributed by atoms with Crippen LogP contribution >= 0.6 is 43.5 Å². The summed E-state index contributed by atoms with van der Waals surface area (Å²) >= 11 is 12.7. The van der Waals surface area contributed by atoms with Crippen LogP contribution in [0, 0.1) is 0 Å². The number of rotatable bonds is 4. The predicted octanol–water partition coefficient (Wildman–Crippen LogP) is 4.97. The molecule has 0 radical (unpaired) electrons. The van der Waals surface area contributed by atoms with Crippen molar-refractivity contribution in [3.05, 3.63) is 57.3 Å². The van der Waals surface area contributed by atoms with Gasteiger partial charge in [0.2, 0.25) is 0 Å². The maximum absolute atomic E-state index is 5.94. The fourth-order valence-electron chi connectivity index (χ4n) is 1.49. The lowest BCUT2D eigenvalue weighted by Gasteiger charge is -2.10. The van der Waals surface area contributed by atoms with E-state index in [1.807, 2.05) is 24.3 Å². The normalized spacial score (nSPS) is 10.4. The van der Waals surface area contributed by atoms with E-state index in [-0.39, 0.29) is 0 Å². The molecule has 1 aromatic heterocycles. The zero-order valence-corrected chi connectivity index (χ0v) is 13.3. The second kappa shape index (κ2) is 6.55. The summed E-state index contributed by atoms with van der Waals surface area (Å²) in [5, 5.41) is 1.42. The van der Waals surface area contributed by atoms with Gasteiger partial charge in [0.25, 0.3) is 0 Å². The monoisotopic (exact) mass is 389 g/mol. The Morgan fingerprint density at radius 2 is 2.06 bits per heavy atom. The standard InChI is InChI=1S/C13H10Br2ClNO/c14-5-10-4-12(16)1-2-13(10)18-8-9-3-11(15)7-17-6-9/h1-4,6-7H,5,8H2. The first-order valence-corrected chi connectivity index (χ1v) is 7.55. The Labute approximate surface area is 128 Å². The van der Waals surface area contributed by atoms with E-state index in [4.69, 9.17) is 16.3 Å². The second-order valence-corrected chi connectivity index (χ2v) is 5.60. The zero-order valence-electron chi connectivity index (χ0n) is 9.37. The SMILES string of the molecule is Clc1ccc(OCc2cncc(Br)c2)c(CBr)c1. The van der Waals surface area contributed by atoms with E-state index in [0.717, 1.165) is 21.3 Å². The molecule has 0 N–H and O–H groups in total. The topological polar surface area (TPSA) is 22.1 Å². The van der Waals surface area contributed by atoms with Crippen LogP contribution < -0.4 is 4.74 Å². The first-order valence-electron chi connectivity index (χ1n) is 5.25. The molecule has 18 heavy (non-hydrogen) atoms. The minimum Gasteiger partial charge on any atom is -0.489 e. The van der Waals surface area contributed by atoms with E-state index in [2.05, 4.69) is 36.8 Å². The fraction of sp³-hybridized carbons (Fsp3) is 0.154. The molecule has 0 unspecified atom stereocenters. The summed E-state index contributed by atoms with van der Waals surface area (Å²) in [5.74, 6) is 0.830. The molecular formula is C13H10Br2ClNO. The minimum atomic E-state index is 0.480. The molecule has 0 saturated carbocycles. The molecule has 0 spiro atoms. The maximum Gasteiger partial charge on any atom is 0.123 e. The Balaban J connectivity index is 2.10. The molecule has 1 aromatic carbocycles. The van der Waals surface area contributed by atoms with Crippen molar-refractivity contribution in [1.82, 2.24) is 4.98 Å². The Kier molecular flexibility index (Phi) is 5.03. The summed E-state index contributed by atoms with van der Waals surface area (Å²) in [6.45, 7) is 0.480. The van der Waals surface area contributed by atoms with Crippen LogP contribution in [0.4, 0.5) is 0 Å². The van der Waals surface area contributed by atoms with E-state index >= 15 is 0 Å². The van der Waals surface area contributed by atoms with Crippen molar-refractivity contribution in [1.29, 1.82) is 0 Å². The van der Waals surface area contributed by atoms with Gasteiger partial charge in [-0.15, -0.1) is 0 Å². The highest BCUT2D eigenvalue weighted by atomic mass is 79.9. The van der Waals surface area contributed by atoms with Gasteiger partial charge >= 0.3 is 0 Å². The molecule has 0 amide bonds. The number of hydrogen-bond donors (Lipinski definition) is 0. The molecule has 0 bridgehead atoms. The fourth-order valence-corrected chi connectivity index (χ4v) is 2.53. The van der Waals surface area contributed by atoms with Gasteiger partial charge in [0, 0.05) is 38.3 Å². The van der Waals surface area contributed by atoms with Crippen LogP contribution in [0.2, 0.25) is 5.02 Å². The number of hydrogen-bond acceptors (Lipinski definition) is 2. The van der Waals surface area contributed by atoms with Crippen LogP contribution in [0.25, 0.3) is 0 Å². The molecule has 0 atom stereocenters. The van der Waals surface area contributed by atoms with Gasteiger partial charge < -0.3 is 4.74 Å². The molecule has 0 fully saturated rings. The van der Waals surface area contributed by atoms with E-state index in [1.54, 1.807) is 12.4 Å². The molecule has 5 heteroatoms. The quantitative estimate of drug-likeness (QED) is 0.687. The van der Waals surface area contributed by atoms with Crippen molar-refractivity contribution in [2.24, 2.45) is 0 Å². The molecule has 2 rings (SSSR count). The number of nitrogens with zero attached hydrogens (tertiary/aromatic N) is 1. The van der Waals surface area contributed by atoms with Crippen molar-refractivity contribution in [3.63, 3.8) is 0 Å². The average molecular weight is 391 g/mol. The zero-order chi connectivity index (χ0) is 13.0. The van der Waals surface area contributed by atoms with Crippen LogP contribution in [0.1, 0.15) is 11.1 Å². The summed E-state index contributed by atoms with van der Waals surface area (Å²) in [7, 11) is 0. The second-order valence-electron chi connectivity index (χ2n) is 3.69. The number of pyridine rings is 1. The van der Waals surface area contributed by atoms with Crippen molar-refractivity contribution < 1.29 is 4.74 Å².